The molecule has 0 heterocycles. The van der Waals surface area contributed by atoms with Gasteiger partial charge in [-0.1, -0.05) is 12.1 Å². The highest BCUT2D eigenvalue weighted by Crippen LogP contribution is 2.29. The highest BCUT2D eigenvalue weighted by atomic mass is 16.5. The first-order valence-electron chi connectivity index (χ1n) is 7.61. The van der Waals surface area contributed by atoms with Crippen LogP contribution in [0, 0.1) is 0 Å². The zero-order valence-corrected chi connectivity index (χ0v) is 14.2. The first-order valence-corrected chi connectivity index (χ1v) is 7.61. The lowest BCUT2D eigenvalue weighted by molar-refractivity contribution is 0.0958. The molecule has 0 aliphatic carbocycles. The molecule has 2 N–H and O–H groups in total. The Labute approximate surface area is 146 Å². The fourth-order valence-electron chi connectivity index (χ4n) is 2.16. The Kier molecular flexibility index (Phi) is 6.17. The Balaban J connectivity index is 2.18. The van der Waals surface area contributed by atoms with Gasteiger partial charge >= 0.3 is 0 Å². The van der Waals surface area contributed by atoms with Gasteiger partial charge in [-0.15, -0.1) is 6.58 Å². The van der Waals surface area contributed by atoms with Crippen LogP contribution in [0.15, 0.2) is 55.1 Å². The number of anilines is 1. The molecule has 0 fully saturated rings. The molecule has 0 aliphatic rings. The molecule has 0 radical (unpaired) electrons. The quantitative estimate of drug-likeness (QED) is 0.760. The van der Waals surface area contributed by atoms with Crippen LogP contribution >= 0.6 is 0 Å². The van der Waals surface area contributed by atoms with Gasteiger partial charge in [0.2, 0.25) is 0 Å². The molecule has 0 atom stereocenters. The minimum Gasteiger partial charge on any atom is -0.497 e. The van der Waals surface area contributed by atoms with E-state index in [2.05, 4.69) is 17.2 Å². The molecular weight excluding hydrogens is 320 g/mol. The molecule has 6 nitrogen and oxygen atoms in total. The number of nitrogens with one attached hydrogen (secondary N) is 2. The summed E-state index contributed by atoms with van der Waals surface area (Å²) in [6.07, 6.45) is 1.59. The summed E-state index contributed by atoms with van der Waals surface area (Å²) in [7, 11) is 3.06. The molecule has 2 aromatic carbocycles. The van der Waals surface area contributed by atoms with Crippen LogP contribution in [-0.4, -0.2) is 32.6 Å². The van der Waals surface area contributed by atoms with Gasteiger partial charge in [-0.05, 0) is 30.3 Å². The summed E-state index contributed by atoms with van der Waals surface area (Å²) in [5.74, 6) is 0.488. The lowest BCUT2D eigenvalue weighted by Crippen LogP contribution is -2.23. The number of rotatable bonds is 7. The van der Waals surface area contributed by atoms with E-state index in [0.29, 0.717) is 34.9 Å². The molecule has 0 bridgehead atoms. The van der Waals surface area contributed by atoms with Crippen LogP contribution < -0.4 is 20.1 Å². The van der Waals surface area contributed by atoms with Crippen molar-refractivity contribution in [2.24, 2.45) is 0 Å². The van der Waals surface area contributed by atoms with Crippen molar-refractivity contribution in [3.63, 3.8) is 0 Å². The van der Waals surface area contributed by atoms with Gasteiger partial charge < -0.3 is 20.1 Å². The second-order valence-corrected chi connectivity index (χ2v) is 5.10. The van der Waals surface area contributed by atoms with Crippen LogP contribution in [0.2, 0.25) is 0 Å². The smallest absolute Gasteiger partial charge is 0.255 e. The number of ether oxygens (including phenoxy) is 2. The monoisotopic (exact) mass is 340 g/mol. The van der Waals surface area contributed by atoms with E-state index in [0.717, 1.165) is 0 Å². The lowest BCUT2D eigenvalue weighted by Gasteiger charge is -2.12. The number of hydrogen-bond acceptors (Lipinski definition) is 4. The minimum atomic E-state index is -0.346. The SMILES string of the molecule is C=CCNC(=O)c1cccc(C(=O)Nc2ccc(OC)cc2OC)c1. The van der Waals surface area contributed by atoms with Crippen molar-refractivity contribution in [2.45, 2.75) is 0 Å². The van der Waals surface area contributed by atoms with Crippen LogP contribution in [0.5, 0.6) is 11.5 Å². The molecule has 0 unspecified atom stereocenters. The number of carbonyl (C=O) groups is 2. The summed E-state index contributed by atoms with van der Waals surface area (Å²) < 4.78 is 10.4. The van der Waals surface area contributed by atoms with E-state index in [9.17, 15) is 9.59 Å². The number of amides is 2. The summed E-state index contributed by atoms with van der Waals surface area (Å²) in [6, 6.07) is 11.5. The normalized spacial score (nSPS) is 9.84. The first kappa shape index (κ1) is 18.1. The maximum absolute atomic E-state index is 12.5. The van der Waals surface area contributed by atoms with E-state index in [1.807, 2.05) is 0 Å². The number of carbonyl (C=O) groups excluding carboxylic acids is 2. The minimum absolute atomic E-state index is 0.267. The molecule has 0 saturated heterocycles. The average molecular weight is 340 g/mol. The van der Waals surface area contributed by atoms with Crippen LogP contribution in [0.4, 0.5) is 5.69 Å². The predicted octanol–water partition coefficient (Wildman–Crippen LogP) is 2.87. The molecule has 2 aromatic rings. The molecule has 0 aromatic heterocycles. The van der Waals surface area contributed by atoms with E-state index in [-0.39, 0.29) is 11.8 Å². The molecule has 0 aliphatic heterocycles. The average Bonchev–Trinajstić information content (AvgIpc) is 2.66. The van der Waals surface area contributed by atoms with Gasteiger partial charge in [0.25, 0.3) is 11.8 Å². The molecule has 0 spiro atoms. The van der Waals surface area contributed by atoms with Crippen molar-refractivity contribution in [3.8, 4) is 11.5 Å². The second-order valence-electron chi connectivity index (χ2n) is 5.10. The molecule has 25 heavy (non-hydrogen) atoms. The number of hydrogen-bond donors (Lipinski definition) is 2. The molecule has 130 valence electrons. The van der Waals surface area contributed by atoms with Crippen LogP contribution in [-0.2, 0) is 0 Å². The molecule has 2 rings (SSSR count). The highest BCUT2D eigenvalue weighted by molar-refractivity contribution is 6.06. The van der Waals surface area contributed by atoms with Crippen LogP contribution in [0.25, 0.3) is 0 Å². The number of benzene rings is 2. The Morgan fingerprint density at radius 3 is 2.40 bits per heavy atom. The Morgan fingerprint density at radius 1 is 1.04 bits per heavy atom. The third kappa shape index (κ3) is 4.60. The summed E-state index contributed by atoms with van der Waals surface area (Å²) >= 11 is 0. The maximum atomic E-state index is 12.5. The Bertz CT molecular complexity index is 787. The largest absolute Gasteiger partial charge is 0.497 e. The lowest BCUT2D eigenvalue weighted by atomic mass is 10.1. The van der Waals surface area contributed by atoms with Crippen molar-refractivity contribution in [1.29, 1.82) is 0 Å². The second kappa shape index (κ2) is 8.54. The fraction of sp³-hybridized carbons (Fsp3) is 0.158. The third-order valence-corrected chi connectivity index (χ3v) is 3.45. The summed E-state index contributed by atoms with van der Waals surface area (Å²) in [6.45, 7) is 3.91. The predicted molar refractivity (Wildman–Crippen MR) is 96.5 cm³/mol. The number of methoxy groups -OCH3 is 2. The fourth-order valence-corrected chi connectivity index (χ4v) is 2.16. The maximum Gasteiger partial charge on any atom is 0.255 e. The molecule has 6 heteroatoms. The van der Waals surface area contributed by atoms with Gasteiger partial charge in [-0.3, -0.25) is 9.59 Å². The van der Waals surface area contributed by atoms with Gasteiger partial charge in [-0.25, -0.2) is 0 Å². The topological polar surface area (TPSA) is 76.7 Å². The van der Waals surface area contributed by atoms with Crippen molar-refractivity contribution >= 4 is 17.5 Å². The Morgan fingerprint density at radius 2 is 1.76 bits per heavy atom. The van der Waals surface area contributed by atoms with Crippen molar-refractivity contribution < 1.29 is 19.1 Å². The summed E-state index contributed by atoms with van der Waals surface area (Å²) in [5.41, 5.74) is 1.27. The zero-order chi connectivity index (χ0) is 18.2. The van der Waals surface area contributed by atoms with Gasteiger partial charge in [0.15, 0.2) is 0 Å². The van der Waals surface area contributed by atoms with Crippen LogP contribution in [0.1, 0.15) is 20.7 Å². The summed E-state index contributed by atoms with van der Waals surface area (Å²) in [5, 5.41) is 5.44. The van der Waals surface area contributed by atoms with Crippen molar-refractivity contribution in [2.75, 3.05) is 26.1 Å². The van der Waals surface area contributed by atoms with E-state index in [1.165, 1.54) is 13.2 Å². The van der Waals surface area contributed by atoms with E-state index in [1.54, 1.807) is 49.6 Å². The Hall–Kier alpha value is -3.28. The third-order valence-electron chi connectivity index (χ3n) is 3.45. The van der Waals surface area contributed by atoms with Gasteiger partial charge in [0, 0.05) is 23.7 Å². The highest BCUT2D eigenvalue weighted by Gasteiger charge is 2.13. The van der Waals surface area contributed by atoms with Crippen LogP contribution in [0.3, 0.4) is 0 Å². The van der Waals surface area contributed by atoms with E-state index >= 15 is 0 Å². The molecular formula is C19H20N2O4. The van der Waals surface area contributed by atoms with Gasteiger partial charge in [-0.2, -0.15) is 0 Å². The zero-order valence-electron chi connectivity index (χ0n) is 14.2. The summed E-state index contributed by atoms with van der Waals surface area (Å²) in [4.78, 5) is 24.5. The molecule has 2 amide bonds. The molecule has 0 saturated carbocycles. The van der Waals surface area contributed by atoms with Gasteiger partial charge in [0.1, 0.15) is 11.5 Å². The van der Waals surface area contributed by atoms with E-state index in [4.69, 9.17) is 9.47 Å². The first-order chi connectivity index (χ1) is 12.1. The van der Waals surface area contributed by atoms with Gasteiger partial charge in [0.05, 0.1) is 19.9 Å². The van der Waals surface area contributed by atoms with E-state index < -0.39 is 0 Å². The standard InChI is InChI=1S/C19H20N2O4/c1-4-10-20-18(22)13-6-5-7-14(11-13)19(23)21-16-9-8-15(24-2)12-17(16)25-3/h4-9,11-12H,1,10H2,2-3H3,(H,20,22)(H,21,23). The van der Waals surface area contributed by atoms with Crippen molar-refractivity contribution in [1.82, 2.24) is 5.32 Å². The van der Waals surface area contributed by atoms with Crippen molar-refractivity contribution in [3.05, 3.63) is 66.2 Å².